The lowest BCUT2D eigenvalue weighted by atomic mass is 10.1. The van der Waals surface area contributed by atoms with Crippen LogP contribution in [0.2, 0.25) is 5.02 Å². The Hall–Kier alpha value is -2.53. The molecule has 0 aromatic heterocycles. The second-order valence-electron chi connectivity index (χ2n) is 5.01. The Bertz CT molecular complexity index is 704. The Morgan fingerprint density at radius 2 is 1.91 bits per heavy atom. The van der Waals surface area contributed by atoms with E-state index in [0.29, 0.717) is 16.3 Å². The molecule has 0 aliphatic rings. The van der Waals surface area contributed by atoms with Gasteiger partial charge in [0.05, 0.1) is 0 Å². The Morgan fingerprint density at radius 3 is 2.52 bits per heavy atom. The molecule has 6 heteroatoms. The SMILES string of the molecule is Cc1cc(OCC(=O)NC(C(N)=O)c2ccccc2)ccc1Cl. The molecular formula is C17H17ClN2O3. The molecule has 0 heterocycles. The van der Waals surface area contributed by atoms with Crippen LogP contribution in [-0.4, -0.2) is 18.4 Å². The highest BCUT2D eigenvalue weighted by Crippen LogP contribution is 2.21. The molecule has 0 fully saturated rings. The third-order valence-electron chi connectivity index (χ3n) is 3.22. The highest BCUT2D eigenvalue weighted by Gasteiger charge is 2.20. The van der Waals surface area contributed by atoms with Crippen molar-refractivity contribution < 1.29 is 14.3 Å². The highest BCUT2D eigenvalue weighted by atomic mass is 35.5. The first-order valence-corrected chi connectivity index (χ1v) is 7.37. The number of hydrogen-bond acceptors (Lipinski definition) is 3. The van der Waals surface area contributed by atoms with Crippen LogP contribution in [0.3, 0.4) is 0 Å². The Morgan fingerprint density at radius 1 is 1.22 bits per heavy atom. The van der Waals surface area contributed by atoms with E-state index in [4.69, 9.17) is 22.1 Å². The highest BCUT2D eigenvalue weighted by molar-refractivity contribution is 6.31. The molecule has 120 valence electrons. The molecule has 0 spiro atoms. The second-order valence-corrected chi connectivity index (χ2v) is 5.42. The number of carbonyl (C=O) groups is 2. The van der Waals surface area contributed by atoms with Crippen molar-refractivity contribution in [2.45, 2.75) is 13.0 Å². The van der Waals surface area contributed by atoms with E-state index in [-0.39, 0.29) is 6.61 Å². The van der Waals surface area contributed by atoms with Gasteiger partial charge in [0.1, 0.15) is 11.8 Å². The minimum Gasteiger partial charge on any atom is -0.484 e. The van der Waals surface area contributed by atoms with Crippen LogP contribution in [0.1, 0.15) is 17.2 Å². The first-order chi connectivity index (χ1) is 11.0. The molecule has 5 nitrogen and oxygen atoms in total. The molecule has 0 bridgehead atoms. The lowest BCUT2D eigenvalue weighted by Crippen LogP contribution is -2.39. The van der Waals surface area contributed by atoms with Gasteiger partial charge in [-0.1, -0.05) is 41.9 Å². The molecule has 1 unspecified atom stereocenters. The van der Waals surface area contributed by atoms with E-state index in [1.165, 1.54) is 0 Å². The summed E-state index contributed by atoms with van der Waals surface area (Å²) in [6, 6.07) is 13.0. The van der Waals surface area contributed by atoms with Gasteiger partial charge in [-0.05, 0) is 36.2 Å². The smallest absolute Gasteiger partial charge is 0.258 e. The van der Waals surface area contributed by atoms with Gasteiger partial charge < -0.3 is 15.8 Å². The summed E-state index contributed by atoms with van der Waals surface area (Å²) in [7, 11) is 0. The van der Waals surface area contributed by atoms with Crippen molar-refractivity contribution in [3.63, 3.8) is 0 Å². The maximum atomic E-state index is 12.0. The predicted octanol–water partition coefficient (Wildman–Crippen LogP) is 2.37. The zero-order chi connectivity index (χ0) is 16.8. The first kappa shape index (κ1) is 16.8. The molecule has 2 amide bonds. The Balaban J connectivity index is 1.97. The number of nitrogens with two attached hydrogens (primary N) is 1. The fourth-order valence-electron chi connectivity index (χ4n) is 2.02. The summed E-state index contributed by atoms with van der Waals surface area (Å²) in [4.78, 5) is 23.5. The van der Waals surface area contributed by atoms with Crippen LogP contribution in [0, 0.1) is 6.92 Å². The molecule has 0 aliphatic carbocycles. The van der Waals surface area contributed by atoms with Gasteiger partial charge in [-0.3, -0.25) is 9.59 Å². The van der Waals surface area contributed by atoms with Crippen LogP contribution in [0.25, 0.3) is 0 Å². The summed E-state index contributed by atoms with van der Waals surface area (Å²) in [5.74, 6) is -0.547. The molecule has 2 rings (SSSR count). The number of primary amides is 1. The van der Waals surface area contributed by atoms with E-state index in [1.807, 2.05) is 13.0 Å². The summed E-state index contributed by atoms with van der Waals surface area (Å²) < 4.78 is 5.40. The molecule has 3 N–H and O–H groups in total. The number of rotatable bonds is 6. The van der Waals surface area contributed by atoms with Crippen LogP contribution in [0.15, 0.2) is 48.5 Å². The van der Waals surface area contributed by atoms with Gasteiger partial charge in [0.25, 0.3) is 5.91 Å². The normalized spacial score (nSPS) is 11.6. The van der Waals surface area contributed by atoms with Crippen LogP contribution in [0.5, 0.6) is 5.75 Å². The van der Waals surface area contributed by atoms with E-state index >= 15 is 0 Å². The molecule has 2 aromatic carbocycles. The number of carbonyl (C=O) groups excluding carboxylic acids is 2. The van der Waals surface area contributed by atoms with Gasteiger partial charge in [-0.25, -0.2) is 0 Å². The number of nitrogens with one attached hydrogen (secondary N) is 1. The average Bonchev–Trinajstić information content (AvgIpc) is 2.54. The second kappa shape index (κ2) is 7.65. The number of amides is 2. The van der Waals surface area contributed by atoms with E-state index in [2.05, 4.69) is 5.32 Å². The van der Waals surface area contributed by atoms with Gasteiger partial charge in [0.2, 0.25) is 5.91 Å². The minimum absolute atomic E-state index is 0.225. The van der Waals surface area contributed by atoms with Crippen molar-refractivity contribution in [2.75, 3.05) is 6.61 Å². The fourth-order valence-corrected chi connectivity index (χ4v) is 2.14. The maximum Gasteiger partial charge on any atom is 0.258 e. The van der Waals surface area contributed by atoms with E-state index in [0.717, 1.165) is 5.56 Å². The summed E-state index contributed by atoms with van der Waals surface area (Å²) >= 11 is 5.93. The lowest BCUT2D eigenvalue weighted by molar-refractivity contribution is -0.128. The number of ether oxygens (including phenoxy) is 1. The van der Waals surface area contributed by atoms with E-state index in [1.54, 1.807) is 42.5 Å². The predicted molar refractivity (Wildman–Crippen MR) is 88.2 cm³/mol. The summed E-state index contributed by atoms with van der Waals surface area (Å²) in [6.07, 6.45) is 0. The molecule has 0 saturated heterocycles. The fraction of sp³-hybridized carbons (Fsp3) is 0.176. The Labute approximate surface area is 139 Å². The van der Waals surface area contributed by atoms with Gasteiger partial charge >= 0.3 is 0 Å². The van der Waals surface area contributed by atoms with Crippen molar-refractivity contribution in [3.8, 4) is 5.75 Å². The van der Waals surface area contributed by atoms with Crippen LogP contribution in [0.4, 0.5) is 0 Å². The Kier molecular flexibility index (Phi) is 5.60. The number of aryl methyl sites for hydroxylation is 1. The monoisotopic (exact) mass is 332 g/mol. The maximum absolute atomic E-state index is 12.0. The molecule has 2 aromatic rings. The molecule has 23 heavy (non-hydrogen) atoms. The lowest BCUT2D eigenvalue weighted by Gasteiger charge is -2.16. The van der Waals surface area contributed by atoms with Crippen LogP contribution in [-0.2, 0) is 9.59 Å². The number of hydrogen-bond donors (Lipinski definition) is 2. The minimum atomic E-state index is -0.890. The standard InChI is InChI=1S/C17H17ClN2O3/c1-11-9-13(7-8-14(11)18)23-10-15(21)20-16(17(19)22)12-5-3-2-4-6-12/h2-9,16H,10H2,1H3,(H2,19,22)(H,20,21). The van der Waals surface area contributed by atoms with E-state index < -0.39 is 17.9 Å². The van der Waals surface area contributed by atoms with Crippen molar-refractivity contribution >= 4 is 23.4 Å². The van der Waals surface area contributed by atoms with Crippen molar-refractivity contribution in [3.05, 3.63) is 64.7 Å². The average molecular weight is 333 g/mol. The van der Waals surface area contributed by atoms with Gasteiger partial charge in [0, 0.05) is 5.02 Å². The van der Waals surface area contributed by atoms with Crippen LogP contribution >= 0.6 is 11.6 Å². The number of benzene rings is 2. The van der Waals surface area contributed by atoms with E-state index in [9.17, 15) is 9.59 Å². The zero-order valence-corrected chi connectivity index (χ0v) is 13.3. The van der Waals surface area contributed by atoms with Crippen molar-refractivity contribution in [2.24, 2.45) is 5.73 Å². The molecular weight excluding hydrogens is 316 g/mol. The molecule has 1 atom stereocenters. The number of halogens is 1. The zero-order valence-electron chi connectivity index (χ0n) is 12.6. The molecule has 0 saturated carbocycles. The van der Waals surface area contributed by atoms with Gasteiger partial charge in [-0.2, -0.15) is 0 Å². The third-order valence-corrected chi connectivity index (χ3v) is 3.65. The molecule has 0 radical (unpaired) electrons. The third kappa shape index (κ3) is 4.72. The summed E-state index contributed by atoms with van der Waals surface area (Å²) in [5.41, 5.74) is 6.82. The topological polar surface area (TPSA) is 81.4 Å². The summed E-state index contributed by atoms with van der Waals surface area (Å²) in [6.45, 7) is 1.62. The van der Waals surface area contributed by atoms with Crippen LogP contribution < -0.4 is 15.8 Å². The van der Waals surface area contributed by atoms with Gasteiger partial charge in [0.15, 0.2) is 6.61 Å². The van der Waals surface area contributed by atoms with Gasteiger partial charge in [-0.15, -0.1) is 0 Å². The largest absolute Gasteiger partial charge is 0.484 e. The van der Waals surface area contributed by atoms with Crippen molar-refractivity contribution in [1.82, 2.24) is 5.32 Å². The molecule has 0 aliphatic heterocycles. The first-order valence-electron chi connectivity index (χ1n) is 7.00. The van der Waals surface area contributed by atoms with Crippen molar-refractivity contribution in [1.29, 1.82) is 0 Å². The quantitative estimate of drug-likeness (QED) is 0.852. The summed E-state index contributed by atoms with van der Waals surface area (Å²) in [5, 5.41) is 3.19.